The predicted molar refractivity (Wildman–Crippen MR) is 88.1 cm³/mol. The first-order valence-corrected chi connectivity index (χ1v) is 7.59. The van der Waals surface area contributed by atoms with E-state index in [9.17, 15) is 9.59 Å². The Labute approximate surface area is 140 Å². The highest BCUT2D eigenvalue weighted by molar-refractivity contribution is 6.35. The van der Waals surface area contributed by atoms with E-state index >= 15 is 0 Å². The first kappa shape index (κ1) is 18.5. The summed E-state index contributed by atoms with van der Waals surface area (Å²) >= 11 is 12.0. The van der Waals surface area contributed by atoms with Gasteiger partial charge < -0.3 is 9.64 Å². The molecule has 0 N–H and O–H groups in total. The van der Waals surface area contributed by atoms with Crippen LogP contribution in [0.15, 0.2) is 30.5 Å². The molecule has 1 rings (SSSR count). The lowest BCUT2D eigenvalue weighted by atomic mass is 9.95. The smallest absolute Gasteiger partial charge is 0.317 e. The van der Waals surface area contributed by atoms with Gasteiger partial charge in [-0.25, -0.2) is 0 Å². The average molecular weight is 344 g/mol. The van der Waals surface area contributed by atoms with Gasteiger partial charge in [0.1, 0.15) is 5.92 Å². The maximum Gasteiger partial charge on any atom is 0.317 e. The van der Waals surface area contributed by atoms with Crippen LogP contribution in [0.25, 0.3) is 0 Å². The van der Waals surface area contributed by atoms with Gasteiger partial charge in [0.2, 0.25) is 0 Å². The molecule has 1 aromatic rings. The van der Waals surface area contributed by atoms with E-state index in [1.54, 1.807) is 50.3 Å². The third-order valence-electron chi connectivity index (χ3n) is 2.89. The highest BCUT2D eigenvalue weighted by Crippen LogP contribution is 2.24. The second kappa shape index (κ2) is 8.81. The molecule has 4 nitrogen and oxygen atoms in total. The molecule has 1 atom stereocenters. The van der Waals surface area contributed by atoms with Crippen LogP contribution >= 0.6 is 23.2 Å². The normalized spacial score (nSPS) is 12.2. The summed E-state index contributed by atoms with van der Waals surface area (Å²) in [6, 6.07) is 4.96. The number of benzene rings is 1. The molecule has 0 spiro atoms. The highest BCUT2D eigenvalue weighted by Gasteiger charge is 2.27. The minimum absolute atomic E-state index is 0.172. The van der Waals surface area contributed by atoms with Crippen molar-refractivity contribution in [2.75, 3.05) is 20.7 Å². The fourth-order valence-corrected chi connectivity index (χ4v) is 2.27. The van der Waals surface area contributed by atoms with E-state index in [1.165, 1.54) is 6.08 Å². The molecular weight excluding hydrogens is 325 g/mol. The summed E-state index contributed by atoms with van der Waals surface area (Å²) in [6.07, 6.45) is 3.13. The molecule has 0 bridgehead atoms. The molecule has 1 aromatic carbocycles. The van der Waals surface area contributed by atoms with Crippen molar-refractivity contribution in [3.05, 3.63) is 46.1 Å². The summed E-state index contributed by atoms with van der Waals surface area (Å²) in [5, 5.41) is 0.923. The number of esters is 1. The van der Waals surface area contributed by atoms with Gasteiger partial charge in [-0.2, -0.15) is 0 Å². The number of ketones is 1. The molecule has 0 radical (unpaired) electrons. The number of hydrogen-bond donors (Lipinski definition) is 0. The molecule has 0 saturated carbocycles. The molecule has 0 aliphatic rings. The Morgan fingerprint density at radius 3 is 2.55 bits per heavy atom. The zero-order valence-corrected chi connectivity index (χ0v) is 14.3. The van der Waals surface area contributed by atoms with Crippen LogP contribution in [0.3, 0.4) is 0 Å². The van der Waals surface area contributed by atoms with Crippen LogP contribution in [-0.2, 0) is 20.7 Å². The van der Waals surface area contributed by atoms with Gasteiger partial charge in [0.25, 0.3) is 0 Å². The third kappa shape index (κ3) is 5.70. The number of carbonyl (C=O) groups excluding carboxylic acids is 2. The van der Waals surface area contributed by atoms with Crippen LogP contribution in [0.5, 0.6) is 0 Å². The van der Waals surface area contributed by atoms with Crippen LogP contribution < -0.4 is 0 Å². The molecule has 0 amide bonds. The summed E-state index contributed by atoms with van der Waals surface area (Å²) < 4.78 is 4.99. The molecule has 0 heterocycles. The fraction of sp³-hybridized carbons (Fsp3) is 0.375. The van der Waals surface area contributed by atoms with Crippen molar-refractivity contribution >= 4 is 35.0 Å². The van der Waals surface area contributed by atoms with Crippen LogP contribution in [-0.4, -0.2) is 37.4 Å². The molecule has 6 heteroatoms. The molecule has 0 aromatic heterocycles. The van der Waals surface area contributed by atoms with Crippen LogP contribution in [0, 0.1) is 5.92 Å². The molecule has 0 saturated heterocycles. The van der Waals surface area contributed by atoms with Crippen molar-refractivity contribution < 1.29 is 14.3 Å². The Morgan fingerprint density at radius 1 is 1.32 bits per heavy atom. The summed E-state index contributed by atoms with van der Waals surface area (Å²) in [5.41, 5.74) is 0.677. The second-order valence-electron chi connectivity index (χ2n) is 4.93. The average Bonchev–Trinajstić information content (AvgIpc) is 2.44. The summed E-state index contributed by atoms with van der Waals surface area (Å²) in [7, 11) is 3.58. The second-order valence-corrected chi connectivity index (χ2v) is 5.77. The highest BCUT2D eigenvalue weighted by atomic mass is 35.5. The summed E-state index contributed by atoms with van der Waals surface area (Å²) in [6.45, 7) is 1.92. The lowest BCUT2D eigenvalue weighted by molar-refractivity contribution is -0.150. The van der Waals surface area contributed by atoms with E-state index in [4.69, 9.17) is 27.9 Å². The van der Waals surface area contributed by atoms with E-state index in [2.05, 4.69) is 0 Å². The number of hydrogen-bond acceptors (Lipinski definition) is 4. The first-order chi connectivity index (χ1) is 10.3. The topological polar surface area (TPSA) is 46.6 Å². The van der Waals surface area contributed by atoms with Gasteiger partial charge in [0.15, 0.2) is 5.78 Å². The number of halogens is 2. The molecule has 0 aliphatic heterocycles. The number of carbonyl (C=O) groups is 2. The molecular formula is C16H19Cl2NO3. The zero-order valence-electron chi connectivity index (χ0n) is 12.8. The van der Waals surface area contributed by atoms with Crippen molar-refractivity contribution in [2.24, 2.45) is 5.92 Å². The Bertz CT molecular complexity index is 571. The molecule has 0 fully saturated rings. The van der Waals surface area contributed by atoms with Gasteiger partial charge in [-0.15, -0.1) is 0 Å². The van der Waals surface area contributed by atoms with E-state index in [0.29, 0.717) is 15.6 Å². The standard InChI is InChI=1S/C16H19Cl2NO3/c1-4-22-16(21)13(15(20)7-8-19(2)3)9-11-5-6-12(17)10-14(11)18/h5-8,10,13H,4,9H2,1-3H3/b8-7+/t13-/m1/s1. The van der Waals surface area contributed by atoms with E-state index < -0.39 is 11.9 Å². The van der Waals surface area contributed by atoms with E-state index in [-0.39, 0.29) is 18.8 Å². The van der Waals surface area contributed by atoms with Gasteiger partial charge in [0.05, 0.1) is 6.61 Å². The van der Waals surface area contributed by atoms with Crippen LogP contribution in [0.1, 0.15) is 12.5 Å². The Morgan fingerprint density at radius 2 is 2.00 bits per heavy atom. The molecule has 120 valence electrons. The zero-order chi connectivity index (χ0) is 16.7. The van der Waals surface area contributed by atoms with Crippen molar-refractivity contribution in [3.63, 3.8) is 0 Å². The lowest BCUT2D eigenvalue weighted by Crippen LogP contribution is -2.27. The number of nitrogens with zero attached hydrogens (tertiary/aromatic N) is 1. The minimum atomic E-state index is -0.921. The summed E-state index contributed by atoms with van der Waals surface area (Å²) in [4.78, 5) is 26.0. The van der Waals surface area contributed by atoms with Gasteiger partial charge in [-0.05, 0) is 37.1 Å². The SMILES string of the molecule is CCOC(=O)[C@H](Cc1ccc(Cl)cc1Cl)C(=O)/C=C/N(C)C. The summed E-state index contributed by atoms with van der Waals surface area (Å²) in [5.74, 6) is -1.80. The molecule has 0 aliphatic carbocycles. The van der Waals surface area contributed by atoms with Crippen LogP contribution in [0.2, 0.25) is 10.0 Å². The number of allylic oxidation sites excluding steroid dienone is 1. The number of ether oxygens (including phenoxy) is 1. The van der Waals surface area contributed by atoms with E-state index in [1.807, 2.05) is 0 Å². The number of rotatable bonds is 7. The van der Waals surface area contributed by atoms with Crippen molar-refractivity contribution in [3.8, 4) is 0 Å². The van der Waals surface area contributed by atoms with Gasteiger partial charge >= 0.3 is 5.97 Å². The van der Waals surface area contributed by atoms with Crippen LogP contribution in [0.4, 0.5) is 0 Å². The minimum Gasteiger partial charge on any atom is -0.465 e. The predicted octanol–water partition coefficient (Wildman–Crippen LogP) is 3.36. The quantitative estimate of drug-likeness (QED) is 0.432. The van der Waals surface area contributed by atoms with Gasteiger partial charge in [-0.3, -0.25) is 9.59 Å². The first-order valence-electron chi connectivity index (χ1n) is 6.84. The Kier molecular flexibility index (Phi) is 7.42. The maximum atomic E-state index is 12.3. The van der Waals surface area contributed by atoms with Crippen molar-refractivity contribution in [1.29, 1.82) is 0 Å². The lowest BCUT2D eigenvalue weighted by Gasteiger charge is -2.14. The van der Waals surface area contributed by atoms with Gasteiger partial charge in [0, 0.05) is 30.3 Å². The van der Waals surface area contributed by atoms with E-state index in [0.717, 1.165) is 0 Å². The Hall–Kier alpha value is -1.52. The third-order valence-corrected chi connectivity index (χ3v) is 3.48. The van der Waals surface area contributed by atoms with Gasteiger partial charge in [-0.1, -0.05) is 29.3 Å². The van der Waals surface area contributed by atoms with Crippen molar-refractivity contribution in [1.82, 2.24) is 4.90 Å². The largest absolute Gasteiger partial charge is 0.465 e. The Balaban J connectivity index is 2.99. The van der Waals surface area contributed by atoms with Crippen molar-refractivity contribution in [2.45, 2.75) is 13.3 Å². The molecule has 0 unspecified atom stereocenters. The monoisotopic (exact) mass is 343 g/mol. The maximum absolute atomic E-state index is 12.3. The molecule has 22 heavy (non-hydrogen) atoms. The fourth-order valence-electron chi connectivity index (χ4n) is 1.79.